The molecule has 2 unspecified atom stereocenters. The van der Waals surface area contributed by atoms with Crippen molar-refractivity contribution in [2.24, 2.45) is 23.2 Å². The molecule has 0 aromatic carbocycles. The van der Waals surface area contributed by atoms with Crippen molar-refractivity contribution in [1.29, 1.82) is 0 Å². The number of ether oxygens (including phenoxy) is 1. The molecule has 7 heteroatoms. The fraction of sp³-hybridized carbons (Fsp3) is 0.941. The molecule has 1 heterocycles. The third-order valence-corrected chi connectivity index (χ3v) is 7.45. The first-order valence-electron chi connectivity index (χ1n) is 8.78. The molecule has 3 rings (SSSR count). The van der Waals surface area contributed by atoms with Crippen LogP contribution >= 0.6 is 0 Å². The normalized spacial score (nSPS) is 49.1. The summed E-state index contributed by atoms with van der Waals surface area (Å²) in [4.78, 5) is 11.6. The molecule has 2 saturated carbocycles. The highest BCUT2D eigenvalue weighted by molar-refractivity contribution is 7.75. The molecular formula is C17H28O6S. The van der Waals surface area contributed by atoms with Crippen LogP contribution in [0.15, 0.2) is 0 Å². The first-order valence-corrected chi connectivity index (χ1v) is 9.78. The molecule has 2 aliphatic carbocycles. The number of carbonyl (C=O) groups is 1. The second kappa shape index (κ2) is 6.34. The van der Waals surface area contributed by atoms with Gasteiger partial charge in [-0.05, 0) is 44.4 Å². The summed E-state index contributed by atoms with van der Waals surface area (Å²) >= 11 is -1.78. The van der Waals surface area contributed by atoms with Crippen LogP contribution in [-0.4, -0.2) is 39.7 Å². The highest BCUT2D eigenvalue weighted by Gasteiger charge is 2.65. The Morgan fingerprint density at radius 3 is 2.71 bits per heavy atom. The molecule has 0 radical (unpaired) electrons. The largest absolute Gasteiger partial charge is 0.462 e. The highest BCUT2D eigenvalue weighted by atomic mass is 32.2. The first kappa shape index (κ1) is 18.3. The van der Waals surface area contributed by atoms with Gasteiger partial charge in [0.05, 0.1) is 11.7 Å². The van der Waals surface area contributed by atoms with Gasteiger partial charge in [0, 0.05) is 24.9 Å². The van der Waals surface area contributed by atoms with Gasteiger partial charge in [-0.15, -0.1) is 0 Å². The van der Waals surface area contributed by atoms with Gasteiger partial charge in [-0.2, -0.15) is 4.21 Å². The van der Waals surface area contributed by atoms with E-state index in [1.54, 1.807) is 0 Å². The molecule has 0 aromatic heterocycles. The van der Waals surface area contributed by atoms with Crippen LogP contribution in [0, 0.1) is 23.2 Å². The smallest absolute Gasteiger partial charge is 0.305 e. The number of esters is 1. The van der Waals surface area contributed by atoms with Crippen molar-refractivity contribution < 1.29 is 27.2 Å². The van der Waals surface area contributed by atoms with Gasteiger partial charge in [0.1, 0.15) is 6.10 Å². The van der Waals surface area contributed by atoms with Gasteiger partial charge in [-0.25, -0.2) is 0 Å². The van der Waals surface area contributed by atoms with Crippen LogP contribution in [0.4, 0.5) is 0 Å². The van der Waals surface area contributed by atoms with Crippen LogP contribution in [0.5, 0.6) is 0 Å². The molecule has 1 N–H and O–H groups in total. The summed E-state index contributed by atoms with van der Waals surface area (Å²) in [6, 6.07) is 0. The fourth-order valence-corrected chi connectivity index (χ4v) is 6.33. The lowest BCUT2D eigenvalue weighted by molar-refractivity contribution is -0.232. The molecule has 3 aliphatic rings. The van der Waals surface area contributed by atoms with Crippen molar-refractivity contribution in [3.8, 4) is 0 Å². The van der Waals surface area contributed by atoms with Gasteiger partial charge >= 0.3 is 17.3 Å². The Labute approximate surface area is 146 Å². The molecule has 3 fully saturated rings. The van der Waals surface area contributed by atoms with Crippen LogP contribution in [-0.2, 0) is 29.3 Å². The van der Waals surface area contributed by atoms with Crippen LogP contribution in [0.25, 0.3) is 0 Å². The van der Waals surface area contributed by atoms with E-state index in [4.69, 9.17) is 13.1 Å². The van der Waals surface area contributed by atoms with Gasteiger partial charge < -0.3 is 9.84 Å². The van der Waals surface area contributed by atoms with E-state index in [-0.39, 0.29) is 48.0 Å². The Bertz CT molecular complexity index is 539. The van der Waals surface area contributed by atoms with Gasteiger partial charge in [0.15, 0.2) is 0 Å². The molecule has 24 heavy (non-hydrogen) atoms. The highest BCUT2D eigenvalue weighted by Crippen LogP contribution is 2.61. The number of carbonyl (C=O) groups excluding carboxylic acids is 1. The van der Waals surface area contributed by atoms with E-state index >= 15 is 0 Å². The summed E-state index contributed by atoms with van der Waals surface area (Å²) in [5.41, 5.74) is -0.841. The summed E-state index contributed by atoms with van der Waals surface area (Å²) in [5, 5.41) is 9.61. The van der Waals surface area contributed by atoms with Crippen molar-refractivity contribution in [3.63, 3.8) is 0 Å². The third kappa shape index (κ3) is 2.83. The Morgan fingerprint density at radius 1 is 1.38 bits per heavy atom. The average Bonchev–Trinajstić information content (AvgIpc) is 2.49. The molecule has 1 saturated heterocycles. The maximum absolute atomic E-state index is 12.2. The molecule has 0 bridgehead atoms. The second-order valence-electron chi connectivity index (χ2n) is 8.14. The zero-order valence-corrected chi connectivity index (χ0v) is 15.6. The van der Waals surface area contributed by atoms with Crippen LogP contribution in [0.1, 0.15) is 53.4 Å². The van der Waals surface area contributed by atoms with Gasteiger partial charge in [-0.1, -0.05) is 13.8 Å². The summed E-state index contributed by atoms with van der Waals surface area (Å²) in [6.07, 6.45) is 2.66. The van der Waals surface area contributed by atoms with E-state index < -0.39 is 17.0 Å². The second-order valence-corrected chi connectivity index (χ2v) is 8.91. The van der Waals surface area contributed by atoms with E-state index in [0.29, 0.717) is 12.8 Å². The third-order valence-electron chi connectivity index (χ3n) is 6.55. The van der Waals surface area contributed by atoms with E-state index in [9.17, 15) is 14.1 Å². The summed E-state index contributed by atoms with van der Waals surface area (Å²) in [7, 11) is 0. The minimum absolute atomic E-state index is 0.0199. The van der Waals surface area contributed by atoms with Crippen LogP contribution in [0.3, 0.4) is 0 Å². The first-order chi connectivity index (χ1) is 11.2. The molecule has 0 aromatic rings. The lowest BCUT2D eigenvalue weighted by Crippen LogP contribution is -2.67. The summed E-state index contributed by atoms with van der Waals surface area (Å²) in [6.45, 7) is 7.65. The Balaban J connectivity index is 1.99. The van der Waals surface area contributed by atoms with Crippen LogP contribution in [0.2, 0.25) is 0 Å². The average molecular weight is 360 g/mol. The van der Waals surface area contributed by atoms with Gasteiger partial charge in [0.2, 0.25) is 0 Å². The SMILES string of the molecule is CC(=O)O[C@@H]1CC[C@@]2(C)O[S@@](=O)OC3C2[C@@]1(C)CC[C@H]3[C@H](C)CO. The number of hydrogen-bond donors (Lipinski definition) is 1. The number of rotatable bonds is 3. The van der Waals surface area contributed by atoms with E-state index in [0.717, 1.165) is 12.8 Å². The lowest BCUT2D eigenvalue weighted by Gasteiger charge is -2.62. The Kier molecular flexibility index (Phi) is 4.83. The van der Waals surface area contributed by atoms with Crippen molar-refractivity contribution in [2.75, 3.05) is 6.61 Å². The predicted molar refractivity (Wildman–Crippen MR) is 87.9 cm³/mol. The van der Waals surface area contributed by atoms with Crippen molar-refractivity contribution in [3.05, 3.63) is 0 Å². The number of aliphatic hydroxyl groups excluding tert-OH is 1. The lowest BCUT2D eigenvalue weighted by atomic mass is 9.50. The maximum Gasteiger partial charge on any atom is 0.305 e. The minimum atomic E-state index is -1.78. The van der Waals surface area contributed by atoms with Crippen molar-refractivity contribution >= 4 is 17.3 Å². The fourth-order valence-electron chi connectivity index (χ4n) is 5.35. The molecule has 0 spiro atoms. The van der Waals surface area contributed by atoms with Gasteiger partial charge in [0.25, 0.3) is 0 Å². The van der Waals surface area contributed by atoms with Crippen molar-refractivity contribution in [2.45, 2.75) is 71.2 Å². The maximum atomic E-state index is 12.2. The predicted octanol–water partition coefficient (Wildman–Crippen LogP) is 2.13. The van der Waals surface area contributed by atoms with E-state index in [2.05, 4.69) is 6.92 Å². The standard InChI is InChI=1S/C17H28O6S/c1-10(9-18)12-5-7-16(3)13(21-11(2)19)6-8-17(4)15(16)14(12)22-24(20)23-17/h10,12-15,18H,5-9H2,1-4H3/t10-,12+,13-,14?,15?,16+,17-,24+/m1/s1. The Hall–Kier alpha value is -0.500. The van der Waals surface area contributed by atoms with Crippen molar-refractivity contribution in [1.82, 2.24) is 0 Å². The summed E-state index contributed by atoms with van der Waals surface area (Å²) < 4.78 is 29.3. The minimum Gasteiger partial charge on any atom is -0.462 e. The van der Waals surface area contributed by atoms with E-state index in [1.807, 2.05) is 13.8 Å². The number of hydrogen-bond acceptors (Lipinski definition) is 6. The molecule has 8 atom stereocenters. The monoisotopic (exact) mass is 360 g/mol. The quantitative estimate of drug-likeness (QED) is 0.777. The van der Waals surface area contributed by atoms with E-state index in [1.165, 1.54) is 6.92 Å². The molecule has 0 amide bonds. The molecule has 6 nitrogen and oxygen atoms in total. The zero-order valence-electron chi connectivity index (χ0n) is 14.8. The van der Waals surface area contributed by atoms with Gasteiger partial charge in [-0.3, -0.25) is 13.2 Å². The van der Waals surface area contributed by atoms with Crippen LogP contribution < -0.4 is 0 Å². The zero-order chi connectivity index (χ0) is 17.7. The summed E-state index contributed by atoms with van der Waals surface area (Å²) in [5.74, 6) is -0.105. The number of aliphatic hydroxyl groups is 1. The molecular weight excluding hydrogens is 332 g/mol. The topological polar surface area (TPSA) is 82.1 Å². The molecule has 1 aliphatic heterocycles. The Morgan fingerprint density at radius 2 is 2.08 bits per heavy atom. The molecule has 138 valence electrons.